The first-order valence-electron chi connectivity index (χ1n) is 6.56. The quantitative estimate of drug-likeness (QED) is 0.796. The monoisotopic (exact) mass is 242 g/mol. The highest BCUT2D eigenvalue weighted by molar-refractivity contribution is 5.73. The zero-order chi connectivity index (χ0) is 13.1. The van der Waals surface area contributed by atoms with E-state index < -0.39 is 5.97 Å². The lowest BCUT2D eigenvalue weighted by Gasteiger charge is -2.47. The molecule has 0 amide bonds. The number of hydrogen-bond donors (Lipinski definition) is 1. The normalized spacial score (nSPS) is 23.5. The fourth-order valence-corrected chi connectivity index (χ4v) is 2.40. The van der Waals surface area contributed by atoms with Gasteiger partial charge in [-0.3, -0.25) is 14.6 Å². The summed E-state index contributed by atoms with van der Waals surface area (Å²) in [5.74, 6) is -0.668. The fraction of sp³-hybridized carbons (Fsp3) is 0.923. The van der Waals surface area contributed by atoms with Crippen molar-refractivity contribution in [1.29, 1.82) is 0 Å². The molecule has 1 N–H and O–H groups in total. The fourth-order valence-electron chi connectivity index (χ4n) is 2.40. The molecule has 1 atom stereocenters. The summed E-state index contributed by atoms with van der Waals surface area (Å²) in [6.45, 7) is 9.11. The van der Waals surface area contributed by atoms with E-state index in [1.165, 1.54) is 0 Å². The van der Waals surface area contributed by atoms with Gasteiger partial charge in [0, 0.05) is 25.2 Å². The highest BCUT2D eigenvalue weighted by atomic mass is 16.4. The van der Waals surface area contributed by atoms with Gasteiger partial charge in [0.25, 0.3) is 0 Å². The predicted molar refractivity (Wildman–Crippen MR) is 69.2 cm³/mol. The minimum Gasteiger partial charge on any atom is -0.480 e. The maximum atomic E-state index is 11.3. The van der Waals surface area contributed by atoms with Crippen molar-refractivity contribution >= 4 is 5.97 Å². The number of likely N-dealkylation sites (N-methyl/N-ethyl adjacent to an activating group) is 1. The van der Waals surface area contributed by atoms with Crippen LogP contribution in [0.4, 0.5) is 0 Å². The number of rotatable bonds is 5. The molecule has 1 heterocycles. The van der Waals surface area contributed by atoms with Crippen LogP contribution in [0.5, 0.6) is 0 Å². The van der Waals surface area contributed by atoms with E-state index in [0.717, 1.165) is 38.9 Å². The molecule has 1 aliphatic rings. The zero-order valence-electron chi connectivity index (χ0n) is 11.6. The number of piperazine rings is 1. The Morgan fingerprint density at radius 2 is 2.06 bits per heavy atom. The first kappa shape index (κ1) is 14.5. The minimum absolute atomic E-state index is 0.0676. The van der Waals surface area contributed by atoms with Gasteiger partial charge in [0.15, 0.2) is 0 Å². The summed E-state index contributed by atoms with van der Waals surface area (Å²) in [6, 6.07) is -0.303. The molecule has 0 bridgehead atoms. The predicted octanol–water partition coefficient (Wildman–Crippen LogP) is 1.66. The lowest BCUT2D eigenvalue weighted by Crippen LogP contribution is -2.61. The maximum Gasteiger partial charge on any atom is 0.320 e. The topological polar surface area (TPSA) is 43.8 Å². The Bertz CT molecular complexity index is 266. The van der Waals surface area contributed by atoms with Crippen molar-refractivity contribution in [2.75, 3.05) is 26.7 Å². The molecule has 100 valence electrons. The Kier molecular flexibility index (Phi) is 4.95. The van der Waals surface area contributed by atoms with E-state index in [0.29, 0.717) is 0 Å². The van der Waals surface area contributed by atoms with Gasteiger partial charge in [-0.25, -0.2) is 0 Å². The molecular weight excluding hydrogens is 216 g/mol. The summed E-state index contributed by atoms with van der Waals surface area (Å²) in [5.41, 5.74) is 0.0676. The molecule has 0 aliphatic carbocycles. The summed E-state index contributed by atoms with van der Waals surface area (Å²) in [7, 11) is 2.11. The molecule has 0 aromatic rings. The third-order valence-corrected chi connectivity index (χ3v) is 3.90. The first-order valence-corrected chi connectivity index (χ1v) is 6.56. The third-order valence-electron chi connectivity index (χ3n) is 3.90. The van der Waals surface area contributed by atoms with Gasteiger partial charge in [-0.1, -0.05) is 19.8 Å². The number of carbonyl (C=O) groups is 1. The Balaban J connectivity index is 2.66. The third kappa shape index (κ3) is 3.68. The molecule has 1 aliphatic heterocycles. The van der Waals surface area contributed by atoms with Gasteiger partial charge in [0.05, 0.1) is 0 Å². The molecule has 1 unspecified atom stereocenters. The summed E-state index contributed by atoms with van der Waals surface area (Å²) >= 11 is 0. The first-order chi connectivity index (χ1) is 7.88. The smallest absolute Gasteiger partial charge is 0.320 e. The van der Waals surface area contributed by atoms with Gasteiger partial charge >= 0.3 is 5.97 Å². The van der Waals surface area contributed by atoms with E-state index in [2.05, 4.69) is 37.6 Å². The van der Waals surface area contributed by atoms with Crippen LogP contribution in [0.2, 0.25) is 0 Å². The van der Waals surface area contributed by atoms with Crippen LogP contribution in [-0.4, -0.2) is 59.1 Å². The zero-order valence-corrected chi connectivity index (χ0v) is 11.6. The Morgan fingerprint density at radius 1 is 1.41 bits per heavy atom. The maximum absolute atomic E-state index is 11.3. The van der Waals surface area contributed by atoms with Crippen molar-refractivity contribution in [3.05, 3.63) is 0 Å². The summed E-state index contributed by atoms with van der Waals surface area (Å²) < 4.78 is 0. The van der Waals surface area contributed by atoms with Crippen LogP contribution in [0, 0.1) is 0 Å². The Labute approximate surface area is 105 Å². The highest BCUT2D eigenvalue weighted by Gasteiger charge is 2.36. The Morgan fingerprint density at radius 3 is 2.53 bits per heavy atom. The van der Waals surface area contributed by atoms with Crippen LogP contribution in [0.15, 0.2) is 0 Å². The van der Waals surface area contributed by atoms with Gasteiger partial charge < -0.3 is 5.11 Å². The van der Waals surface area contributed by atoms with E-state index in [1.54, 1.807) is 0 Å². The van der Waals surface area contributed by atoms with Gasteiger partial charge in [-0.2, -0.15) is 0 Å². The van der Waals surface area contributed by atoms with E-state index in [9.17, 15) is 9.90 Å². The number of carboxylic acids is 1. The summed E-state index contributed by atoms with van der Waals surface area (Å²) in [6.07, 6.45) is 2.82. The number of nitrogens with zero attached hydrogens (tertiary/aromatic N) is 2. The molecule has 17 heavy (non-hydrogen) atoms. The van der Waals surface area contributed by atoms with E-state index in [1.807, 2.05) is 0 Å². The van der Waals surface area contributed by atoms with Crippen LogP contribution >= 0.6 is 0 Å². The number of carboxylic acid groups (broad SMARTS) is 1. The van der Waals surface area contributed by atoms with Crippen molar-refractivity contribution < 1.29 is 9.90 Å². The van der Waals surface area contributed by atoms with Crippen LogP contribution < -0.4 is 0 Å². The molecule has 1 rings (SSSR count). The van der Waals surface area contributed by atoms with Crippen LogP contribution in [0.3, 0.4) is 0 Å². The molecule has 0 spiro atoms. The molecular formula is C13H26N2O2. The summed E-state index contributed by atoms with van der Waals surface area (Å²) in [4.78, 5) is 15.8. The van der Waals surface area contributed by atoms with Crippen LogP contribution in [-0.2, 0) is 4.79 Å². The van der Waals surface area contributed by atoms with Crippen molar-refractivity contribution in [2.24, 2.45) is 0 Å². The molecule has 0 radical (unpaired) electrons. The molecule has 0 aromatic heterocycles. The average Bonchev–Trinajstić information content (AvgIpc) is 2.23. The van der Waals surface area contributed by atoms with Gasteiger partial charge in [-0.15, -0.1) is 0 Å². The van der Waals surface area contributed by atoms with Gasteiger partial charge in [0.1, 0.15) is 6.04 Å². The molecule has 1 saturated heterocycles. The largest absolute Gasteiger partial charge is 0.480 e. The van der Waals surface area contributed by atoms with Crippen LogP contribution in [0.1, 0.15) is 40.0 Å². The van der Waals surface area contributed by atoms with E-state index in [-0.39, 0.29) is 11.6 Å². The van der Waals surface area contributed by atoms with Gasteiger partial charge in [0.2, 0.25) is 0 Å². The van der Waals surface area contributed by atoms with E-state index in [4.69, 9.17) is 0 Å². The van der Waals surface area contributed by atoms with Crippen molar-refractivity contribution in [3.63, 3.8) is 0 Å². The highest BCUT2D eigenvalue weighted by Crippen LogP contribution is 2.22. The number of aliphatic carboxylic acids is 1. The Hall–Kier alpha value is -0.610. The van der Waals surface area contributed by atoms with E-state index >= 15 is 0 Å². The van der Waals surface area contributed by atoms with Crippen molar-refractivity contribution in [2.45, 2.75) is 51.6 Å². The molecule has 0 saturated carbocycles. The lowest BCUT2D eigenvalue weighted by atomic mass is 9.97. The second-order valence-electron chi connectivity index (χ2n) is 5.70. The SMILES string of the molecule is CCCCC(C(=O)O)N1CCN(C)C(C)(C)C1. The molecule has 1 fully saturated rings. The lowest BCUT2D eigenvalue weighted by molar-refractivity contribution is -0.145. The van der Waals surface area contributed by atoms with Gasteiger partial charge in [-0.05, 0) is 27.3 Å². The number of hydrogen-bond acceptors (Lipinski definition) is 3. The average molecular weight is 242 g/mol. The molecule has 0 aromatic carbocycles. The second-order valence-corrected chi connectivity index (χ2v) is 5.70. The molecule has 4 heteroatoms. The second kappa shape index (κ2) is 5.83. The minimum atomic E-state index is -0.668. The molecule has 4 nitrogen and oxygen atoms in total. The standard InChI is InChI=1S/C13H26N2O2/c1-5-6-7-11(12(16)17)15-9-8-14(4)13(2,3)10-15/h11H,5-10H2,1-4H3,(H,16,17). The number of unbranched alkanes of at least 4 members (excludes halogenated alkanes) is 1. The van der Waals surface area contributed by atoms with Crippen molar-refractivity contribution in [3.8, 4) is 0 Å². The van der Waals surface area contributed by atoms with Crippen LogP contribution in [0.25, 0.3) is 0 Å². The van der Waals surface area contributed by atoms with Crippen molar-refractivity contribution in [1.82, 2.24) is 9.80 Å². The summed E-state index contributed by atoms with van der Waals surface area (Å²) in [5, 5.41) is 9.33.